The lowest BCUT2D eigenvalue weighted by Crippen LogP contribution is -2.32. The molecule has 1 aromatic carbocycles. The van der Waals surface area contributed by atoms with Crippen LogP contribution >= 0.6 is 0 Å². The van der Waals surface area contributed by atoms with Gasteiger partial charge in [-0.25, -0.2) is 5.06 Å². The van der Waals surface area contributed by atoms with Crippen molar-refractivity contribution < 1.29 is 14.4 Å². The van der Waals surface area contributed by atoms with Gasteiger partial charge < -0.3 is 0 Å². The summed E-state index contributed by atoms with van der Waals surface area (Å²) in [5.41, 5.74) is 0.362. The summed E-state index contributed by atoms with van der Waals surface area (Å²) in [5.74, 6) is -1.26. The van der Waals surface area contributed by atoms with Crippen LogP contribution in [0, 0.1) is 0 Å². The van der Waals surface area contributed by atoms with Crippen LogP contribution in [0.3, 0.4) is 0 Å². The van der Waals surface area contributed by atoms with Crippen LogP contribution in [0.4, 0.5) is 0 Å². The molecular weight excluding hydrogens is 182 g/mol. The van der Waals surface area contributed by atoms with Crippen molar-refractivity contribution in [3.63, 3.8) is 0 Å². The molecule has 0 aliphatic rings. The first-order valence-corrected chi connectivity index (χ1v) is 4.08. The first-order chi connectivity index (χ1) is 6.66. The summed E-state index contributed by atoms with van der Waals surface area (Å²) in [6.07, 6.45) is 0. The molecule has 0 aliphatic heterocycles. The van der Waals surface area contributed by atoms with Crippen LogP contribution in [-0.2, 0) is 9.63 Å². The van der Waals surface area contributed by atoms with Crippen LogP contribution in [0.5, 0.6) is 0 Å². The van der Waals surface area contributed by atoms with Gasteiger partial charge >= 0.3 is 5.91 Å². The highest BCUT2D eigenvalue weighted by molar-refractivity contribution is 6.42. The number of likely N-dealkylation sites (N-methyl/N-ethyl adjacent to an activating group) is 1. The van der Waals surface area contributed by atoms with Gasteiger partial charge in [-0.05, 0) is 0 Å². The van der Waals surface area contributed by atoms with E-state index in [-0.39, 0.29) is 0 Å². The molecule has 4 heteroatoms. The molecular formula is C10H11NO3. The molecule has 0 fully saturated rings. The maximum absolute atomic E-state index is 11.5. The molecule has 0 aliphatic carbocycles. The number of carbonyl (C=O) groups excluding carboxylic acids is 2. The molecule has 0 bridgehead atoms. The Labute approximate surface area is 82.0 Å². The van der Waals surface area contributed by atoms with E-state index in [1.165, 1.54) is 14.2 Å². The van der Waals surface area contributed by atoms with Gasteiger partial charge in [0.1, 0.15) is 0 Å². The highest BCUT2D eigenvalue weighted by atomic mass is 16.7. The molecule has 1 amide bonds. The van der Waals surface area contributed by atoms with E-state index in [1.807, 2.05) is 0 Å². The molecule has 0 spiro atoms. The molecule has 14 heavy (non-hydrogen) atoms. The van der Waals surface area contributed by atoms with Gasteiger partial charge in [-0.3, -0.25) is 14.4 Å². The number of nitrogens with zero attached hydrogens (tertiary/aromatic N) is 1. The van der Waals surface area contributed by atoms with E-state index >= 15 is 0 Å². The smallest absolute Gasteiger partial charge is 0.283 e. The lowest BCUT2D eigenvalue weighted by atomic mass is 10.1. The van der Waals surface area contributed by atoms with E-state index in [0.29, 0.717) is 5.56 Å². The van der Waals surface area contributed by atoms with Crippen LogP contribution in [-0.4, -0.2) is 30.9 Å². The second-order valence-electron chi connectivity index (χ2n) is 2.68. The topological polar surface area (TPSA) is 46.6 Å². The van der Waals surface area contributed by atoms with Gasteiger partial charge in [-0.15, -0.1) is 0 Å². The van der Waals surface area contributed by atoms with Crippen molar-refractivity contribution in [3.05, 3.63) is 35.9 Å². The molecule has 74 valence electrons. The van der Waals surface area contributed by atoms with E-state index < -0.39 is 11.7 Å². The number of hydrogen-bond donors (Lipinski definition) is 0. The molecule has 0 N–H and O–H groups in total. The zero-order valence-corrected chi connectivity index (χ0v) is 8.06. The minimum Gasteiger partial charge on any atom is -0.283 e. The van der Waals surface area contributed by atoms with E-state index in [2.05, 4.69) is 4.84 Å². The molecule has 0 heterocycles. The summed E-state index contributed by atoms with van der Waals surface area (Å²) in [4.78, 5) is 27.4. The molecule has 0 atom stereocenters. The van der Waals surface area contributed by atoms with Crippen molar-refractivity contribution in [2.45, 2.75) is 0 Å². The predicted molar refractivity (Wildman–Crippen MR) is 50.6 cm³/mol. The van der Waals surface area contributed by atoms with Gasteiger partial charge in [-0.1, -0.05) is 30.3 Å². The van der Waals surface area contributed by atoms with Crippen molar-refractivity contribution in [2.75, 3.05) is 14.2 Å². The number of carbonyl (C=O) groups is 2. The fourth-order valence-electron chi connectivity index (χ4n) is 0.939. The Kier molecular flexibility index (Phi) is 3.36. The van der Waals surface area contributed by atoms with Crippen LogP contribution in [0.2, 0.25) is 0 Å². The van der Waals surface area contributed by atoms with Crippen LogP contribution in [0.15, 0.2) is 30.3 Å². The SMILES string of the molecule is CON(C)C(=O)C(=O)c1ccccc1. The quantitative estimate of drug-likeness (QED) is 0.407. The summed E-state index contributed by atoms with van der Waals surface area (Å²) in [5, 5.41) is 0.898. The summed E-state index contributed by atoms with van der Waals surface area (Å²) in [7, 11) is 2.72. The zero-order chi connectivity index (χ0) is 10.6. The maximum atomic E-state index is 11.5. The molecule has 0 saturated carbocycles. The van der Waals surface area contributed by atoms with Gasteiger partial charge in [0.25, 0.3) is 5.78 Å². The second-order valence-corrected chi connectivity index (χ2v) is 2.68. The molecule has 0 saturated heterocycles. The Balaban J connectivity index is 2.82. The van der Waals surface area contributed by atoms with Crippen LogP contribution < -0.4 is 0 Å². The third kappa shape index (κ3) is 2.17. The van der Waals surface area contributed by atoms with Crippen LogP contribution in [0.25, 0.3) is 0 Å². The molecule has 0 radical (unpaired) electrons. The molecule has 1 rings (SSSR count). The fourth-order valence-corrected chi connectivity index (χ4v) is 0.939. The van der Waals surface area contributed by atoms with Gasteiger partial charge in [-0.2, -0.15) is 0 Å². The number of rotatable bonds is 3. The van der Waals surface area contributed by atoms with Crippen molar-refractivity contribution >= 4 is 11.7 Å². The van der Waals surface area contributed by atoms with Gasteiger partial charge in [0.15, 0.2) is 0 Å². The molecule has 1 aromatic rings. The summed E-state index contributed by atoms with van der Waals surface area (Å²) < 4.78 is 0. The predicted octanol–water partition coefficient (Wildman–Crippen LogP) is 0.889. The number of Topliss-reactive ketones (excluding diaryl/α,β-unsaturated/α-hetero) is 1. The Hall–Kier alpha value is -1.68. The standard InChI is InChI=1S/C10H11NO3/c1-11(14-2)10(13)9(12)8-6-4-3-5-7-8/h3-7H,1-2H3. The van der Waals surface area contributed by atoms with E-state index in [9.17, 15) is 9.59 Å². The minimum absolute atomic E-state index is 0.362. The third-order valence-corrected chi connectivity index (χ3v) is 1.79. The number of benzene rings is 1. The number of ketones is 1. The van der Waals surface area contributed by atoms with Crippen molar-refractivity contribution in [3.8, 4) is 0 Å². The van der Waals surface area contributed by atoms with Crippen LogP contribution in [0.1, 0.15) is 10.4 Å². The van der Waals surface area contributed by atoms with E-state index in [1.54, 1.807) is 30.3 Å². The highest BCUT2D eigenvalue weighted by Gasteiger charge is 2.19. The summed E-state index contributed by atoms with van der Waals surface area (Å²) in [6.45, 7) is 0. The normalized spacial score (nSPS) is 9.57. The Morgan fingerprint density at radius 2 is 1.79 bits per heavy atom. The Morgan fingerprint density at radius 3 is 2.29 bits per heavy atom. The lowest BCUT2D eigenvalue weighted by molar-refractivity contribution is -0.162. The largest absolute Gasteiger partial charge is 0.318 e. The van der Waals surface area contributed by atoms with E-state index in [0.717, 1.165) is 5.06 Å². The minimum atomic E-state index is -0.682. The first kappa shape index (κ1) is 10.4. The first-order valence-electron chi connectivity index (χ1n) is 4.08. The summed E-state index contributed by atoms with van der Waals surface area (Å²) >= 11 is 0. The average molecular weight is 193 g/mol. The van der Waals surface area contributed by atoms with E-state index in [4.69, 9.17) is 0 Å². The lowest BCUT2D eigenvalue weighted by Gasteiger charge is -2.11. The Morgan fingerprint density at radius 1 is 1.21 bits per heavy atom. The number of hydrogen-bond acceptors (Lipinski definition) is 3. The monoisotopic (exact) mass is 193 g/mol. The molecule has 0 aromatic heterocycles. The maximum Gasteiger partial charge on any atom is 0.318 e. The Bertz CT molecular complexity index is 334. The van der Waals surface area contributed by atoms with Crippen molar-refractivity contribution in [1.82, 2.24) is 5.06 Å². The zero-order valence-electron chi connectivity index (χ0n) is 8.06. The van der Waals surface area contributed by atoms with Crippen molar-refractivity contribution in [2.24, 2.45) is 0 Å². The molecule has 4 nitrogen and oxygen atoms in total. The summed E-state index contributed by atoms with van der Waals surface area (Å²) in [6, 6.07) is 8.36. The van der Waals surface area contributed by atoms with Crippen molar-refractivity contribution in [1.29, 1.82) is 0 Å². The fraction of sp³-hybridized carbons (Fsp3) is 0.200. The number of hydroxylamine groups is 2. The second kappa shape index (κ2) is 4.53. The van der Waals surface area contributed by atoms with Gasteiger partial charge in [0.05, 0.1) is 7.11 Å². The highest BCUT2D eigenvalue weighted by Crippen LogP contribution is 2.02. The van der Waals surface area contributed by atoms with Gasteiger partial charge in [0, 0.05) is 12.6 Å². The van der Waals surface area contributed by atoms with Gasteiger partial charge in [0.2, 0.25) is 0 Å². The molecule has 0 unspecified atom stereocenters. The number of amides is 1. The average Bonchev–Trinajstić information content (AvgIpc) is 2.27. The third-order valence-electron chi connectivity index (χ3n) is 1.79.